The Morgan fingerprint density at radius 1 is 0.316 bits per heavy atom. The second-order valence-electron chi connectivity index (χ2n) is 19.1. The molecule has 4 nitrogen and oxygen atoms in total. The Morgan fingerprint density at radius 3 is 1.03 bits per heavy atom. The maximum absolute atomic E-state index is 10.7. The molecule has 0 aliphatic carbocycles. The van der Waals surface area contributed by atoms with Crippen molar-refractivity contribution in [3.05, 3.63) is 294 Å². The predicted octanol–water partition coefficient (Wildman–Crippen LogP) is 20.3. The van der Waals surface area contributed by atoms with Gasteiger partial charge in [-0.3, -0.25) is 0 Å². The molecule has 0 saturated carbocycles. The second kappa shape index (κ2) is 19.5. The zero-order valence-electron chi connectivity index (χ0n) is 41.3. The third-order valence-corrected chi connectivity index (χ3v) is 14.6. The van der Waals surface area contributed by atoms with Crippen molar-refractivity contribution in [1.29, 1.82) is 5.26 Å². The van der Waals surface area contributed by atoms with Crippen LogP contribution in [0.5, 0.6) is 0 Å². The summed E-state index contributed by atoms with van der Waals surface area (Å²) in [5.41, 5.74) is 11.6. The molecule has 13 rings (SSSR count). The highest BCUT2D eigenvalue weighted by Crippen LogP contribution is 2.45. The summed E-state index contributed by atoms with van der Waals surface area (Å²) in [5.74, 6) is 0. The molecule has 0 unspecified atom stereocenters. The number of rotatable bonds is 10. The van der Waals surface area contributed by atoms with Gasteiger partial charge in [0.05, 0.1) is 34.9 Å². The summed E-state index contributed by atoms with van der Waals surface area (Å²) >= 11 is 0. The number of nitrogens with zero attached hydrogens (tertiary/aromatic N) is 4. The van der Waals surface area contributed by atoms with Crippen LogP contribution in [0.4, 0.5) is 39.8 Å². The number of hydrogen-bond donors (Lipinski definition) is 0. The lowest BCUT2D eigenvalue weighted by Crippen LogP contribution is -2.11. The molecular weight excluding hydrogens is 921 g/mol. The van der Waals surface area contributed by atoms with Crippen molar-refractivity contribution in [2.45, 2.75) is 0 Å². The molecule has 0 aliphatic heterocycles. The fourth-order valence-electron chi connectivity index (χ4n) is 11.0. The van der Waals surface area contributed by atoms with Gasteiger partial charge < -0.3 is 9.80 Å². The summed E-state index contributed by atoms with van der Waals surface area (Å²) in [6.45, 7) is 8.40. The van der Waals surface area contributed by atoms with Gasteiger partial charge in [0, 0.05) is 32.9 Å². The van der Waals surface area contributed by atoms with Gasteiger partial charge in [-0.1, -0.05) is 224 Å². The van der Waals surface area contributed by atoms with E-state index in [1.165, 1.54) is 43.1 Å². The second-order valence-corrected chi connectivity index (χ2v) is 19.1. The first-order chi connectivity index (χ1) is 37.6. The van der Waals surface area contributed by atoms with E-state index in [1.807, 2.05) is 36.4 Å². The van der Waals surface area contributed by atoms with Gasteiger partial charge >= 0.3 is 0 Å². The minimum atomic E-state index is 0.540. The Bertz CT molecular complexity index is 4080. The topological polar surface area (TPSA) is 34.6 Å². The standard InChI is InChI=1S/C72H46N4/c1-74-72-64-45-39-51(32-30-49-34-40-57(41-35-49)75(68-26-10-18-53-14-2-6-22-59(53)68)69-27-11-19-54-15-3-7-23-60(54)69)46-65(64)67(48-73)63-44-38-52(47-66(63)72)33-31-50-36-42-58(43-37-50)76(70-28-12-20-55-16-4-8-24-61(55)70)71-29-13-21-56-17-5-9-25-62(56)71/h2-47H/b32-30-,33-31-. The number of nitriles is 1. The van der Waals surface area contributed by atoms with Crippen LogP contribution in [0.3, 0.4) is 0 Å². The van der Waals surface area contributed by atoms with E-state index >= 15 is 0 Å². The van der Waals surface area contributed by atoms with Crippen LogP contribution >= 0.6 is 0 Å². The van der Waals surface area contributed by atoms with Crippen LogP contribution in [0, 0.1) is 17.9 Å². The van der Waals surface area contributed by atoms with E-state index in [9.17, 15) is 5.26 Å². The molecule has 0 saturated heterocycles. The highest BCUT2D eigenvalue weighted by atomic mass is 15.2. The van der Waals surface area contributed by atoms with Crippen molar-refractivity contribution in [3.8, 4) is 6.07 Å². The molecule has 0 aliphatic rings. The average molecular weight is 967 g/mol. The van der Waals surface area contributed by atoms with Gasteiger partial charge in [-0.05, 0) is 120 Å². The van der Waals surface area contributed by atoms with Crippen molar-refractivity contribution in [3.63, 3.8) is 0 Å². The normalized spacial score (nSPS) is 11.6. The lowest BCUT2D eigenvalue weighted by molar-refractivity contribution is 1.31. The summed E-state index contributed by atoms with van der Waals surface area (Å²) in [7, 11) is 0. The molecule has 76 heavy (non-hydrogen) atoms. The van der Waals surface area contributed by atoms with Gasteiger partial charge in [-0.25, -0.2) is 4.85 Å². The van der Waals surface area contributed by atoms with E-state index in [4.69, 9.17) is 6.57 Å². The molecule has 13 aromatic carbocycles. The van der Waals surface area contributed by atoms with Crippen molar-refractivity contribution in [2.75, 3.05) is 9.80 Å². The molecule has 0 amide bonds. The van der Waals surface area contributed by atoms with Crippen molar-refractivity contribution in [2.24, 2.45) is 0 Å². The zero-order valence-corrected chi connectivity index (χ0v) is 41.3. The molecule has 0 spiro atoms. The maximum atomic E-state index is 10.7. The van der Waals surface area contributed by atoms with Crippen molar-refractivity contribution >= 4 is 129 Å². The smallest absolute Gasteiger partial charge is 0.202 e. The van der Waals surface area contributed by atoms with Crippen molar-refractivity contribution < 1.29 is 0 Å². The molecular formula is C72H46N4. The van der Waals surface area contributed by atoms with Gasteiger partial charge in [0.15, 0.2) is 0 Å². The Kier molecular flexibility index (Phi) is 11.6. The van der Waals surface area contributed by atoms with E-state index in [0.29, 0.717) is 11.3 Å². The van der Waals surface area contributed by atoms with Crippen molar-refractivity contribution in [1.82, 2.24) is 0 Å². The fraction of sp³-hybridized carbons (Fsp3) is 0. The van der Waals surface area contributed by atoms with Gasteiger partial charge in [0.2, 0.25) is 5.69 Å². The minimum absolute atomic E-state index is 0.540. The number of anilines is 6. The Morgan fingerprint density at radius 2 is 0.645 bits per heavy atom. The number of benzene rings is 13. The highest BCUT2D eigenvalue weighted by molar-refractivity contribution is 6.16. The summed E-state index contributed by atoms with van der Waals surface area (Å²) < 4.78 is 0. The third-order valence-electron chi connectivity index (χ3n) is 14.6. The molecule has 13 aromatic rings. The number of hydrogen-bond acceptors (Lipinski definition) is 3. The fourth-order valence-corrected chi connectivity index (χ4v) is 11.0. The van der Waals surface area contributed by atoms with Crippen LogP contribution in [0.2, 0.25) is 0 Å². The van der Waals surface area contributed by atoms with Crippen LogP contribution in [0.25, 0.3) is 93.8 Å². The zero-order chi connectivity index (χ0) is 51.0. The van der Waals surface area contributed by atoms with Crippen LogP contribution in [-0.2, 0) is 0 Å². The third kappa shape index (κ3) is 8.23. The molecule has 0 atom stereocenters. The monoisotopic (exact) mass is 966 g/mol. The lowest BCUT2D eigenvalue weighted by atomic mass is 9.93. The number of fused-ring (bicyclic) bond motifs is 6. The molecule has 4 heteroatoms. The van der Waals surface area contributed by atoms with E-state index in [-0.39, 0.29) is 0 Å². The lowest BCUT2D eigenvalue weighted by Gasteiger charge is -2.28. The molecule has 0 aromatic heterocycles. The van der Waals surface area contributed by atoms with Gasteiger partial charge in [-0.2, -0.15) is 5.26 Å². The van der Waals surface area contributed by atoms with Gasteiger partial charge in [0.1, 0.15) is 6.07 Å². The van der Waals surface area contributed by atoms with E-state index in [2.05, 4.69) is 263 Å². The van der Waals surface area contributed by atoms with E-state index in [1.54, 1.807) is 0 Å². The van der Waals surface area contributed by atoms with Gasteiger partial charge in [0.25, 0.3) is 0 Å². The average Bonchev–Trinajstić information content (AvgIpc) is 3.49. The van der Waals surface area contributed by atoms with Gasteiger partial charge in [-0.15, -0.1) is 0 Å². The Balaban J connectivity index is 0.793. The minimum Gasteiger partial charge on any atom is -0.309 e. The summed E-state index contributed by atoms with van der Waals surface area (Å²) in [6, 6.07) is 92.1. The quantitative estimate of drug-likeness (QED) is 0.0778. The molecule has 0 fully saturated rings. The van der Waals surface area contributed by atoms with Crippen LogP contribution in [-0.4, -0.2) is 0 Å². The summed E-state index contributed by atoms with van der Waals surface area (Å²) in [6.07, 6.45) is 8.37. The first-order valence-corrected chi connectivity index (χ1v) is 25.5. The van der Waals surface area contributed by atoms with Crippen LogP contribution in [0.15, 0.2) is 255 Å². The Labute approximate surface area is 441 Å². The SMILES string of the molecule is [C-]#[N+]c1c2ccc(/C=C\c3ccc(N(c4cccc5ccccc45)c4cccc5ccccc45)cc3)cc2c(C#N)c2ccc(/C=C\c3ccc(N(c4cccc5ccccc45)c4cccc5ccccc45)cc3)cc12. The predicted molar refractivity (Wildman–Crippen MR) is 323 cm³/mol. The van der Waals surface area contributed by atoms with E-state index < -0.39 is 0 Å². The van der Waals surface area contributed by atoms with Crippen LogP contribution in [0.1, 0.15) is 27.8 Å². The molecule has 0 N–H and O–H groups in total. The largest absolute Gasteiger partial charge is 0.309 e. The summed E-state index contributed by atoms with van der Waals surface area (Å²) in [4.78, 5) is 8.80. The maximum Gasteiger partial charge on any atom is 0.202 e. The Hall–Kier alpha value is -10.5. The van der Waals surface area contributed by atoms with Crippen LogP contribution < -0.4 is 9.80 Å². The highest BCUT2D eigenvalue weighted by Gasteiger charge is 2.20. The molecule has 0 bridgehead atoms. The summed E-state index contributed by atoms with van der Waals surface area (Å²) in [5, 5.41) is 23.2. The first kappa shape index (κ1) is 45.4. The van der Waals surface area contributed by atoms with E-state index in [0.717, 1.165) is 77.9 Å². The molecule has 0 heterocycles. The first-order valence-electron chi connectivity index (χ1n) is 25.5. The molecule has 0 radical (unpaired) electrons. The molecule has 354 valence electrons.